The highest BCUT2D eigenvalue weighted by molar-refractivity contribution is 8.00. The van der Waals surface area contributed by atoms with Crippen molar-refractivity contribution in [1.29, 1.82) is 0 Å². The van der Waals surface area contributed by atoms with E-state index in [0.29, 0.717) is 6.54 Å². The largest absolute Gasteiger partial charge is 0.454 e. The lowest BCUT2D eigenvalue weighted by atomic mass is 9.89. The Morgan fingerprint density at radius 3 is 2.94 bits per heavy atom. The molecule has 2 aromatic rings. The monoisotopic (exact) mass is 482 g/mol. The summed E-state index contributed by atoms with van der Waals surface area (Å²) >= 11 is 1.41. The van der Waals surface area contributed by atoms with Gasteiger partial charge in [0.2, 0.25) is 18.6 Å². The number of aryl methyl sites for hydroxylation is 1. The molecule has 3 N–H and O–H groups in total. The van der Waals surface area contributed by atoms with Gasteiger partial charge in [0.05, 0.1) is 11.7 Å². The van der Waals surface area contributed by atoms with E-state index in [1.165, 1.54) is 11.8 Å². The van der Waals surface area contributed by atoms with Crippen LogP contribution >= 0.6 is 11.8 Å². The minimum atomic E-state index is -0.265. The van der Waals surface area contributed by atoms with Gasteiger partial charge in [-0.25, -0.2) is 0 Å². The summed E-state index contributed by atoms with van der Waals surface area (Å²) in [6.45, 7) is 6.66. The second kappa shape index (κ2) is 9.85. The quantitative estimate of drug-likeness (QED) is 0.583. The van der Waals surface area contributed by atoms with Gasteiger partial charge in [0.1, 0.15) is 5.50 Å². The van der Waals surface area contributed by atoms with E-state index < -0.39 is 0 Å². The Morgan fingerprint density at radius 1 is 1.21 bits per heavy atom. The number of anilines is 1. The zero-order valence-electron chi connectivity index (χ0n) is 19.4. The third kappa shape index (κ3) is 5.01. The summed E-state index contributed by atoms with van der Waals surface area (Å²) in [6, 6.07) is 12.0. The minimum Gasteiger partial charge on any atom is -0.454 e. The van der Waals surface area contributed by atoms with Crippen molar-refractivity contribution in [2.75, 3.05) is 31.0 Å². The van der Waals surface area contributed by atoms with Crippen molar-refractivity contribution in [2.24, 2.45) is 5.92 Å². The summed E-state index contributed by atoms with van der Waals surface area (Å²) in [5.41, 5.74) is 3.93. The molecular weight excluding hydrogens is 452 g/mol. The second-order valence-corrected chi connectivity index (χ2v) is 10.2. The van der Waals surface area contributed by atoms with Crippen LogP contribution in [-0.4, -0.2) is 53.9 Å². The number of piperidine rings is 1. The maximum atomic E-state index is 12.9. The number of amides is 2. The summed E-state index contributed by atoms with van der Waals surface area (Å²) in [5.74, 6) is 1.69. The number of hydrogen-bond donors (Lipinski definition) is 3. The first-order valence-corrected chi connectivity index (χ1v) is 12.7. The number of hydrogen-bond acceptors (Lipinski definition) is 7. The summed E-state index contributed by atoms with van der Waals surface area (Å²) in [4.78, 5) is 27.7. The van der Waals surface area contributed by atoms with Crippen molar-refractivity contribution in [2.45, 2.75) is 38.4 Å². The van der Waals surface area contributed by atoms with Gasteiger partial charge in [-0.05, 0) is 55.2 Å². The van der Waals surface area contributed by atoms with Crippen LogP contribution in [0.4, 0.5) is 5.69 Å². The van der Waals surface area contributed by atoms with E-state index in [1.807, 2.05) is 44.2 Å². The van der Waals surface area contributed by atoms with E-state index in [0.717, 1.165) is 53.4 Å². The molecule has 0 aliphatic carbocycles. The van der Waals surface area contributed by atoms with Crippen LogP contribution in [0.1, 0.15) is 23.1 Å². The third-order valence-electron chi connectivity index (χ3n) is 6.78. The van der Waals surface area contributed by atoms with Crippen LogP contribution in [0.15, 0.2) is 36.4 Å². The van der Waals surface area contributed by atoms with E-state index in [4.69, 9.17) is 9.47 Å². The maximum Gasteiger partial charge on any atom is 0.234 e. The number of nitrogens with zero attached hydrogens (tertiary/aromatic N) is 1. The molecule has 2 fully saturated rings. The normalized spacial score (nSPS) is 23.8. The first-order chi connectivity index (χ1) is 16.5. The zero-order chi connectivity index (χ0) is 23.7. The third-order valence-corrected chi connectivity index (χ3v) is 7.79. The maximum absolute atomic E-state index is 12.9. The minimum absolute atomic E-state index is 0.0478. The van der Waals surface area contributed by atoms with E-state index in [2.05, 4.69) is 26.9 Å². The number of benzene rings is 2. The lowest BCUT2D eigenvalue weighted by Crippen LogP contribution is -2.64. The first kappa shape index (κ1) is 23.0. The summed E-state index contributed by atoms with van der Waals surface area (Å²) in [6.07, 6.45) is 0.883. The molecule has 0 bridgehead atoms. The molecule has 2 amide bonds. The standard InChI is InChI=1S/C25H30N4O4S/c1-15-4-3-5-19(16(15)2)26-23(30)13-34-25-27-20-8-9-29(12-18(20)24(31)28-25)11-17-6-7-21-22(10-17)33-14-32-21/h3-7,10,18,20,25,27H,8-9,11-14H2,1-2H3,(H,26,30)(H,28,31). The lowest BCUT2D eigenvalue weighted by Gasteiger charge is -2.43. The number of thioether (sulfide) groups is 1. The highest BCUT2D eigenvalue weighted by Crippen LogP contribution is 2.33. The van der Waals surface area contributed by atoms with Gasteiger partial charge in [-0.1, -0.05) is 18.2 Å². The summed E-state index contributed by atoms with van der Waals surface area (Å²) in [7, 11) is 0. The van der Waals surface area contributed by atoms with Gasteiger partial charge in [-0.15, -0.1) is 11.8 Å². The second-order valence-electron chi connectivity index (χ2n) is 9.09. The van der Waals surface area contributed by atoms with Crippen molar-refractivity contribution in [3.8, 4) is 11.5 Å². The number of carbonyl (C=O) groups excluding carboxylic acids is 2. The molecule has 2 aromatic carbocycles. The lowest BCUT2D eigenvalue weighted by molar-refractivity contribution is -0.130. The Kier molecular flexibility index (Phi) is 6.67. The van der Waals surface area contributed by atoms with Crippen LogP contribution in [0.2, 0.25) is 0 Å². The smallest absolute Gasteiger partial charge is 0.234 e. The number of rotatable bonds is 6. The van der Waals surface area contributed by atoms with Crippen molar-refractivity contribution < 1.29 is 19.1 Å². The van der Waals surface area contributed by atoms with Crippen LogP contribution in [0, 0.1) is 19.8 Å². The van der Waals surface area contributed by atoms with E-state index >= 15 is 0 Å². The Balaban J connectivity index is 1.11. The Hall–Kier alpha value is -2.75. The molecule has 3 aliphatic rings. The van der Waals surface area contributed by atoms with E-state index in [-0.39, 0.29) is 41.8 Å². The van der Waals surface area contributed by atoms with Crippen LogP contribution in [0.5, 0.6) is 11.5 Å². The summed E-state index contributed by atoms with van der Waals surface area (Å²) < 4.78 is 10.9. The molecule has 0 saturated carbocycles. The fourth-order valence-corrected chi connectivity index (χ4v) is 5.58. The Morgan fingerprint density at radius 2 is 2.06 bits per heavy atom. The first-order valence-electron chi connectivity index (χ1n) is 11.6. The van der Waals surface area contributed by atoms with Gasteiger partial charge in [0, 0.05) is 31.4 Å². The van der Waals surface area contributed by atoms with Crippen LogP contribution in [0.3, 0.4) is 0 Å². The molecule has 0 spiro atoms. The number of ether oxygens (including phenoxy) is 2. The molecule has 0 aromatic heterocycles. The van der Waals surface area contributed by atoms with Crippen molar-refractivity contribution in [3.63, 3.8) is 0 Å². The molecule has 8 nitrogen and oxygen atoms in total. The Bertz CT molecular complexity index is 1090. The van der Waals surface area contributed by atoms with E-state index in [9.17, 15) is 9.59 Å². The molecule has 3 atom stereocenters. The van der Waals surface area contributed by atoms with Crippen LogP contribution in [0.25, 0.3) is 0 Å². The molecular formula is C25H30N4O4S. The molecule has 3 unspecified atom stereocenters. The molecule has 34 heavy (non-hydrogen) atoms. The number of carbonyl (C=O) groups is 2. The van der Waals surface area contributed by atoms with Crippen molar-refractivity contribution >= 4 is 29.3 Å². The summed E-state index contributed by atoms with van der Waals surface area (Å²) in [5, 5.41) is 9.55. The Labute approximate surface area is 203 Å². The van der Waals surface area contributed by atoms with Gasteiger partial charge in [-0.2, -0.15) is 0 Å². The fourth-order valence-electron chi connectivity index (χ4n) is 4.72. The highest BCUT2D eigenvalue weighted by Gasteiger charge is 2.40. The van der Waals surface area contributed by atoms with Crippen LogP contribution < -0.4 is 25.4 Å². The van der Waals surface area contributed by atoms with Crippen molar-refractivity contribution in [1.82, 2.24) is 15.5 Å². The molecule has 9 heteroatoms. The molecule has 180 valence electrons. The predicted molar refractivity (Wildman–Crippen MR) is 132 cm³/mol. The molecule has 0 radical (unpaired) electrons. The average Bonchev–Trinajstić information content (AvgIpc) is 3.29. The predicted octanol–water partition coefficient (Wildman–Crippen LogP) is 2.60. The zero-order valence-corrected chi connectivity index (χ0v) is 20.2. The SMILES string of the molecule is Cc1cccc(NC(=O)CSC2NC(=O)C3CN(Cc4ccc5c(c4)OCO5)CCC3N2)c1C. The van der Waals surface area contributed by atoms with Gasteiger partial charge in [0.25, 0.3) is 0 Å². The fraction of sp³-hybridized carbons (Fsp3) is 0.440. The van der Waals surface area contributed by atoms with Gasteiger partial charge in [-0.3, -0.25) is 19.8 Å². The number of likely N-dealkylation sites (tertiary alicyclic amines) is 1. The topological polar surface area (TPSA) is 91.9 Å². The van der Waals surface area contributed by atoms with Crippen LogP contribution in [-0.2, 0) is 16.1 Å². The van der Waals surface area contributed by atoms with Crippen molar-refractivity contribution in [3.05, 3.63) is 53.1 Å². The molecule has 3 aliphatic heterocycles. The number of nitrogens with one attached hydrogen (secondary N) is 3. The number of fused-ring (bicyclic) bond motifs is 2. The molecule has 3 heterocycles. The average molecular weight is 483 g/mol. The van der Waals surface area contributed by atoms with E-state index in [1.54, 1.807) is 0 Å². The molecule has 2 saturated heterocycles. The van der Waals surface area contributed by atoms with Gasteiger partial charge in [0.15, 0.2) is 11.5 Å². The highest BCUT2D eigenvalue weighted by atomic mass is 32.2. The van der Waals surface area contributed by atoms with Gasteiger partial charge < -0.3 is 20.1 Å². The molecule has 5 rings (SSSR count). The van der Waals surface area contributed by atoms with Gasteiger partial charge >= 0.3 is 0 Å².